The summed E-state index contributed by atoms with van der Waals surface area (Å²) in [4.78, 5) is 0. The molecular weight excluding hydrogens is 200 g/mol. The Hall–Kier alpha value is -0.860. The first-order valence-corrected chi connectivity index (χ1v) is 6.05. The molecule has 0 N–H and O–H groups in total. The van der Waals surface area contributed by atoms with Gasteiger partial charge in [0, 0.05) is 12.5 Å². The lowest BCUT2D eigenvalue weighted by atomic mass is 10.0. The van der Waals surface area contributed by atoms with E-state index in [1.165, 1.54) is 5.56 Å². The van der Waals surface area contributed by atoms with E-state index in [9.17, 15) is 0 Å². The number of hydrogen-bond donors (Lipinski definition) is 0. The van der Waals surface area contributed by atoms with Crippen LogP contribution in [0.15, 0.2) is 30.3 Å². The molecule has 1 unspecified atom stereocenters. The Kier molecular flexibility index (Phi) is 6.86. The van der Waals surface area contributed by atoms with Crippen molar-refractivity contribution in [1.29, 1.82) is 0 Å². The van der Waals surface area contributed by atoms with Gasteiger partial charge in [-0.1, -0.05) is 44.2 Å². The molecule has 2 nitrogen and oxygen atoms in total. The minimum atomic E-state index is 0.451. The second-order valence-electron chi connectivity index (χ2n) is 4.00. The number of hydrogen-bond acceptors (Lipinski definition) is 2. The van der Waals surface area contributed by atoms with E-state index in [4.69, 9.17) is 9.47 Å². The second-order valence-corrected chi connectivity index (χ2v) is 4.00. The number of benzene rings is 1. The van der Waals surface area contributed by atoms with E-state index in [1.54, 1.807) is 0 Å². The Morgan fingerprint density at radius 2 is 1.69 bits per heavy atom. The zero-order chi connectivity index (χ0) is 11.6. The molecule has 1 atom stereocenters. The maximum Gasteiger partial charge on any atom is 0.0700 e. The molecule has 0 aliphatic carbocycles. The van der Waals surface area contributed by atoms with Crippen LogP contribution in [0.5, 0.6) is 0 Å². The summed E-state index contributed by atoms with van der Waals surface area (Å²) in [5.41, 5.74) is 1.33. The van der Waals surface area contributed by atoms with Crippen molar-refractivity contribution in [3.8, 4) is 0 Å². The van der Waals surface area contributed by atoms with E-state index in [0.29, 0.717) is 19.1 Å². The topological polar surface area (TPSA) is 18.5 Å². The second kappa shape index (κ2) is 8.31. The molecule has 1 aromatic carbocycles. The number of rotatable bonds is 8. The summed E-state index contributed by atoms with van der Waals surface area (Å²) in [6.45, 7) is 7.28. The van der Waals surface area contributed by atoms with E-state index in [2.05, 4.69) is 38.1 Å². The van der Waals surface area contributed by atoms with E-state index < -0.39 is 0 Å². The Labute approximate surface area is 98.6 Å². The SMILES string of the molecule is CCCOCCOCC(C)c1ccccc1. The summed E-state index contributed by atoms with van der Waals surface area (Å²) in [6, 6.07) is 10.4. The Balaban J connectivity index is 2.09. The van der Waals surface area contributed by atoms with Gasteiger partial charge in [0.25, 0.3) is 0 Å². The molecule has 0 fully saturated rings. The Morgan fingerprint density at radius 3 is 2.38 bits per heavy atom. The summed E-state index contributed by atoms with van der Waals surface area (Å²) in [7, 11) is 0. The van der Waals surface area contributed by atoms with Gasteiger partial charge in [0.1, 0.15) is 0 Å². The van der Waals surface area contributed by atoms with Crippen molar-refractivity contribution in [3.63, 3.8) is 0 Å². The maximum absolute atomic E-state index is 5.57. The fourth-order valence-corrected chi connectivity index (χ4v) is 1.50. The first-order valence-electron chi connectivity index (χ1n) is 6.05. The molecule has 0 aliphatic heterocycles. The van der Waals surface area contributed by atoms with Crippen LogP contribution in [0.4, 0.5) is 0 Å². The van der Waals surface area contributed by atoms with Crippen LogP contribution in [0.2, 0.25) is 0 Å². The zero-order valence-electron chi connectivity index (χ0n) is 10.3. The van der Waals surface area contributed by atoms with Crippen LogP contribution in [0, 0.1) is 0 Å². The third-order valence-corrected chi connectivity index (χ3v) is 2.46. The molecule has 0 bridgehead atoms. The molecular formula is C14H22O2. The van der Waals surface area contributed by atoms with Crippen LogP contribution >= 0.6 is 0 Å². The van der Waals surface area contributed by atoms with Crippen molar-refractivity contribution in [2.24, 2.45) is 0 Å². The summed E-state index contributed by atoms with van der Waals surface area (Å²) in [6.07, 6.45) is 1.07. The quantitative estimate of drug-likeness (QED) is 0.629. The molecule has 1 aromatic rings. The molecule has 0 saturated carbocycles. The highest BCUT2D eigenvalue weighted by molar-refractivity contribution is 5.18. The Bertz CT molecular complexity index is 259. The fourth-order valence-electron chi connectivity index (χ4n) is 1.50. The predicted molar refractivity (Wildman–Crippen MR) is 66.8 cm³/mol. The molecule has 2 heteroatoms. The van der Waals surface area contributed by atoms with E-state index in [1.807, 2.05) is 6.07 Å². The van der Waals surface area contributed by atoms with Gasteiger partial charge in [-0.2, -0.15) is 0 Å². The first kappa shape index (κ1) is 13.2. The molecule has 0 saturated heterocycles. The van der Waals surface area contributed by atoms with Gasteiger partial charge in [0.05, 0.1) is 19.8 Å². The average molecular weight is 222 g/mol. The summed E-state index contributed by atoms with van der Waals surface area (Å²) >= 11 is 0. The van der Waals surface area contributed by atoms with Crippen LogP contribution in [0.3, 0.4) is 0 Å². The lowest BCUT2D eigenvalue weighted by molar-refractivity contribution is 0.0438. The van der Waals surface area contributed by atoms with Crippen LogP contribution in [0.1, 0.15) is 31.7 Å². The third kappa shape index (κ3) is 5.29. The zero-order valence-corrected chi connectivity index (χ0v) is 10.3. The standard InChI is InChI=1S/C14H22O2/c1-3-9-15-10-11-16-12-13(2)14-7-5-4-6-8-14/h4-8,13H,3,9-12H2,1-2H3. The lowest BCUT2D eigenvalue weighted by Crippen LogP contribution is -2.09. The molecule has 0 amide bonds. The van der Waals surface area contributed by atoms with Gasteiger partial charge >= 0.3 is 0 Å². The smallest absolute Gasteiger partial charge is 0.0700 e. The van der Waals surface area contributed by atoms with E-state index in [-0.39, 0.29) is 0 Å². The highest BCUT2D eigenvalue weighted by Crippen LogP contribution is 2.14. The molecule has 0 spiro atoms. The van der Waals surface area contributed by atoms with Crippen LogP contribution in [-0.2, 0) is 9.47 Å². The van der Waals surface area contributed by atoms with Gasteiger partial charge in [-0.15, -0.1) is 0 Å². The maximum atomic E-state index is 5.57. The number of ether oxygens (including phenoxy) is 2. The van der Waals surface area contributed by atoms with Crippen molar-refractivity contribution in [2.75, 3.05) is 26.4 Å². The van der Waals surface area contributed by atoms with Crippen molar-refractivity contribution < 1.29 is 9.47 Å². The van der Waals surface area contributed by atoms with Crippen molar-refractivity contribution in [3.05, 3.63) is 35.9 Å². The van der Waals surface area contributed by atoms with Gasteiger partial charge in [-0.05, 0) is 12.0 Å². The van der Waals surface area contributed by atoms with Crippen molar-refractivity contribution in [1.82, 2.24) is 0 Å². The van der Waals surface area contributed by atoms with E-state index >= 15 is 0 Å². The van der Waals surface area contributed by atoms with Crippen LogP contribution in [-0.4, -0.2) is 26.4 Å². The summed E-state index contributed by atoms with van der Waals surface area (Å²) < 4.78 is 10.9. The molecule has 16 heavy (non-hydrogen) atoms. The van der Waals surface area contributed by atoms with Gasteiger partial charge in [-0.3, -0.25) is 0 Å². The van der Waals surface area contributed by atoms with Gasteiger partial charge < -0.3 is 9.47 Å². The van der Waals surface area contributed by atoms with E-state index in [0.717, 1.165) is 19.6 Å². The monoisotopic (exact) mass is 222 g/mol. The normalized spacial score (nSPS) is 12.6. The molecule has 1 rings (SSSR count). The van der Waals surface area contributed by atoms with Crippen LogP contribution < -0.4 is 0 Å². The molecule has 0 heterocycles. The summed E-state index contributed by atoms with van der Waals surface area (Å²) in [5, 5.41) is 0. The first-order chi connectivity index (χ1) is 7.84. The summed E-state index contributed by atoms with van der Waals surface area (Å²) in [5.74, 6) is 0.451. The van der Waals surface area contributed by atoms with Crippen molar-refractivity contribution >= 4 is 0 Å². The Morgan fingerprint density at radius 1 is 1.00 bits per heavy atom. The fraction of sp³-hybridized carbons (Fsp3) is 0.571. The third-order valence-electron chi connectivity index (χ3n) is 2.46. The highest BCUT2D eigenvalue weighted by Gasteiger charge is 2.04. The minimum Gasteiger partial charge on any atom is -0.379 e. The van der Waals surface area contributed by atoms with Gasteiger partial charge in [-0.25, -0.2) is 0 Å². The van der Waals surface area contributed by atoms with Gasteiger partial charge in [0.15, 0.2) is 0 Å². The lowest BCUT2D eigenvalue weighted by Gasteiger charge is -2.12. The largest absolute Gasteiger partial charge is 0.379 e. The minimum absolute atomic E-state index is 0.451. The molecule has 0 aromatic heterocycles. The molecule has 0 aliphatic rings. The molecule has 0 radical (unpaired) electrons. The van der Waals surface area contributed by atoms with Gasteiger partial charge in [0.2, 0.25) is 0 Å². The predicted octanol–water partition coefficient (Wildman–Crippen LogP) is 3.23. The molecule has 90 valence electrons. The van der Waals surface area contributed by atoms with Crippen LogP contribution in [0.25, 0.3) is 0 Å². The average Bonchev–Trinajstić information content (AvgIpc) is 2.34. The van der Waals surface area contributed by atoms with Crippen molar-refractivity contribution in [2.45, 2.75) is 26.2 Å². The highest BCUT2D eigenvalue weighted by atomic mass is 16.5.